The normalized spacial score (nSPS) is 29.2. The number of carboxylic acids is 1. The molecule has 0 saturated heterocycles. The van der Waals surface area contributed by atoms with Crippen molar-refractivity contribution < 1.29 is 20.1 Å². The van der Waals surface area contributed by atoms with E-state index in [4.69, 9.17) is 5.11 Å². The average Bonchev–Trinajstić information content (AvgIpc) is 2.27. The van der Waals surface area contributed by atoms with Crippen LogP contribution in [0.5, 0.6) is 0 Å². The maximum absolute atomic E-state index is 11.0. The molecule has 1 aliphatic carbocycles. The topological polar surface area (TPSA) is 77.8 Å². The third kappa shape index (κ3) is 4.33. The number of carboxylic acid groups (broad SMARTS) is 1. The van der Waals surface area contributed by atoms with Gasteiger partial charge in [-0.1, -0.05) is 29.9 Å². The molecule has 3 N–H and O–H groups in total. The Bertz CT molecular complexity index is 420. The van der Waals surface area contributed by atoms with Crippen molar-refractivity contribution in [1.82, 2.24) is 0 Å². The number of rotatable bonds is 2. The lowest BCUT2D eigenvalue weighted by Crippen LogP contribution is -2.35. The summed E-state index contributed by atoms with van der Waals surface area (Å²) in [5, 5.41) is 29.4. The SMILES string of the molecule is C=C(C(=O)O)[C@H]1[C@H](O)C=C(C)CCC=C(C)C[C@H]1O. The smallest absolute Gasteiger partial charge is 0.331 e. The zero-order valence-corrected chi connectivity index (χ0v) is 11.5. The second kappa shape index (κ2) is 6.68. The first-order valence-corrected chi connectivity index (χ1v) is 6.44. The highest BCUT2D eigenvalue weighted by atomic mass is 16.4. The van der Waals surface area contributed by atoms with Gasteiger partial charge in [0.05, 0.1) is 12.2 Å². The summed E-state index contributed by atoms with van der Waals surface area (Å²) in [6.45, 7) is 7.28. The number of carbonyl (C=O) groups is 1. The Balaban J connectivity index is 3.09. The molecule has 4 nitrogen and oxygen atoms in total. The van der Waals surface area contributed by atoms with E-state index in [1.165, 1.54) is 0 Å². The summed E-state index contributed by atoms with van der Waals surface area (Å²) in [5.74, 6) is -2.07. The molecule has 1 aliphatic rings. The van der Waals surface area contributed by atoms with Crippen molar-refractivity contribution in [3.8, 4) is 0 Å². The van der Waals surface area contributed by atoms with Gasteiger partial charge in [-0.25, -0.2) is 4.79 Å². The van der Waals surface area contributed by atoms with E-state index in [-0.39, 0.29) is 5.57 Å². The molecule has 106 valence electrons. The van der Waals surface area contributed by atoms with Crippen LogP contribution in [0.15, 0.2) is 35.5 Å². The van der Waals surface area contributed by atoms with Gasteiger partial charge in [0.15, 0.2) is 0 Å². The Kier molecular flexibility index (Phi) is 5.51. The van der Waals surface area contributed by atoms with E-state index in [9.17, 15) is 15.0 Å². The largest absolute Gasteiger partial charge is 0.478 e. The van der Waals surface area contributed by atoms with E-state index in [0.29, 0.717) is 6.42 Å². The van der Waals surface area contributed by atoms with Crippen molar-refractivity contribution in [2.75, 3.05) is 0 Å². The molecule has 0 amide bonds. The molecule has 4 heteroatoms. The van der Waals surface area contributed by atoms with Crippen LogP contribution in [0.2, 0.25) is 0 Å². The highest BCUT2D eigenvalue weighted by Crippen LogP contribution is 2.27. The van der Waals surface area contributed by atoms with Crippen LogP contribution in [0.1, 0.15) is 33.1 Å². The van der Waals surface area contributed by atoms with Crippen LogP contribution < -0.4 is 0 Å². The molecule has 1 rings (SSSR count). The number of allylic oxidation sites excluding steroid dienone is 2. The monoisotopic (exact) mass is 266 g/mol. The van der Waals surface area contributed by atoms with Crippen LogP contribution in [0.25, 0.3) is 0 Å². The van der Waals surface area contributed by atoms with Crippen molar-refractivity contribution in [1.29, 1.82) is 0 Å². The molecular weight excluding hydrogens is 244 g/mol. The lowest BCUT2D eigenvalue weighted by molar-refractivity contribution is -0.134. The molecule has 0 aromatic rings. The van der Waals surface area contributed by atoms with Gasteiger partial charge in [-0.3, -0.25) is 0 Å². The van der Waals surface area contributed by atoms with E-state index >= 15 is 0 Å². The second-order valence-electron chi connectivity index (χ2n) is 5.22. The molecule has 0 unspecified atom stereocenters. The van der Waals surface area contributed by atoms with Gasteiger partial charge in [-0.05, 0) is 33.1 Å². The van der Waals surface area contributed by atoms with Crippen LogP contribution in [0.3, 0.4) is 0 Å². The molecular formula is C15H22O4. The summed E-state index contributed by atoms with van der Waals surface area (Å²) in [4.78, 5) is 11.0. The fourth-order valence-corrected chi connectivity index (χ4v) is 2.37. The molecule has 0 spiro atoms. The minimum absolute atomic E-state index is 0.155. The van der Waals surface area contributed by atoms with Crippen molar-refractivity contribution >= 4 is 5.97 Å². The second-order valence-corrected chi connectivity index (χ2v) is 5.22. The van der Waals surface area contributed by atoms with Gasteiger partial charge >= 0.3 is 5.97 Å². The molecule has 0 aliphatic heterocycles. The average molecular weight is 266 g/mol. The number of aliphatic hydroxyl groups excluding tert-OH is 2. The van der Waals surface area contributed by atoms with Gasteiger partial charge in [0, 0.05) is 11.5 Å². The standard InChI is InChI=1S/C15H22O4/c1-9-5-4-6-10(2)8-13(17)14(12(16)7-9)11(3)15(18)19/h5,8,12-14,16-17H,3-4,6-7H2,1-2H3,(H,18,19)/t12-,13-,14-/m1/s1. The van der Waals surface area contributed by atoms with Crippen molar-refractivity contribution in [3.05, 3.63) is 35.5 Å². The molecule has 0 bridgehead atoms. The van der Waals surface area contributed by atoms with Gasteiger partial charge in [-0.2, -0.15) is 0 Å². The van der Waals surface area contributed by atoms with Gasteiger partial charge in [0.2, 0.25) is 0 Å². The summed E-state index contributed by atoms with van der Waals surface area (Å²) in [6.07, 6.45) is 3.71. The van der Waals surface area contributed by atoms with Crippen molar-refractivity contribution in [3.63, 3.8) is 0 Å². The fourth-order valence-electron chi connectivity index (χ4n) is 2.37. The number of hydrogen-bond acceptors (Lipinski definition) is 3. The fraction of sp³-hybridized carbons (Fsp3) is 0.533. The van der Waals surface area contributed by atoms with Gasteiger partial charge in [0.25, 0.3) is 0 Å². The van der Waals surface area contributed by atoms with E-state index in [0.717, 1.165) is 24.0 Å². The van der Waals surface area contributed by atoms with Crippen LogP contribution in [0, 0.1) is 5.92 Å². The van der Waals surface area contributed by atoms with E-state index in [2.05, 4.69) is 6.58 Å². The minimum atomic E-state index is -1.19. The molecule has 0 saturated carbocycles. The minimum Gasteiger partial charge on any atom is -0.478 e. The summed E-state index contributed by atoms with van der Waals surface area (Å²) >= 11 is 0. The Hall–Kier alpha value is -1.39. The van der Waals surface area contributed by atoms with Gasteiger partial charge < -0.3 is 15.3 Å². The molecule has 0 fully saturated rings. The Morgan fingerprint density at radius 1 is 1.32 bits per heavy atom. The first kappa shape index (κ1) is 15.7. The zero-order valence-electron chi connectivity index (χ0n) is 11.5. The quantitative estimate of drug-likeness (QED) is 0.528. The highest BCUT2D eigenvalue weighted by Gasteiger charge is 2.32. The van der Waals surface area contributed by atoms with Crippen LogP contribution in [-0.2, 0) is 4.79 Å². The molecule has 0 aromatic heterocycles. The van der Waals surface area contributed by atoms with Crippen molar-refractivity contribution in [2.24, 2.45) is 5.92 Å². The lowest BCUT2D eigenvalue weighted by Gasteiger charge is -2.27. The summed E-state index contributed by atoms with van der Waals surface area (Å²) < 4.78 is 0. The van der Waals surface area contributed by atoms with Crippen LogP contribution in [0.4, 0.5) is 0 Å². The number of hydrogen-bond donors (Lipinski definition) is 3. The Morgan fingerprint density at radius 2 is 1.95 bits per heavy atom. The molecule has 0 aromatic carbocycles. The highest BCUT2D eigenvalue weighted by molar-refractivity contribution is 5.86. The molecule has 0 radical (unpaired) electrons. The lowest BCUT2D eigenvalue weighted by atomic mass is 9.84. The van der Waals surface area contributed by atoms with Crippen LogP contribution >= 0.6 is 0 Å². The first-order chi connectivity index (χ1) is 8.82. The maximum atomic E-state index is 11.0. The number of aliphatic hydroxyl groups is 2. The van der Waals surface area contributed by atoms with E-state index in [1.807, 2.05) is 19.9 Å². The zero-order chi connectivity index (χ0) is 14.6. The van der Waals surface area contributed by atoms with Gasteiger partial charge in [0.1, 0.15) is 0 Å². The van der Waals surface area contributed by atoms with Crippen molar-refractivity contribution in [2.45, 2.75) is 45.3 Å². The summed E-state index contributed by atoms with van der Waals surface area (Å²) in [5.41, 5.74) is 1.82. The summed E-state index contributed by atoms with van der Waals surface area (Å²) in [6, 6.07) is 0. The van der Waals surface area contributed by atoms with E-state index < -0.39 is 24.1 Å². The number of aliphatic carboxylic acids is 1. The first-order valence-electron chi connectivity index (χ1n) is 6.44. The predicted molar refractivity (Wildman–Crippen MR) is 73.6 cm³/mol. The Morgan fingerprint density at radius 3 is 2.53 bits per heavy atom. The molecule has 0 heterocycles. The maximum Gasteiger partial charge on any atom is 0.331 e. The van der Waals surface area contributed by atoms with Gasteiger partial charge in [-0.15, -0.1) is 0 Å². The molecule has 19 heavy (non-hydrogen) atoms. The third-order valence-corrected chi connectivity index (χ3v) is 3.48. The van der Waals surface area contributed by atoms with Crippen LogP contribution in [-0.4, -0.2) is 33.5 Å². The third-order valence-electron chi connectivity index (χ3n) is 3.48. The Labute approximate surface area is 113 Å². The van der Waals surface area contributed by atoms with E-state index in [1.54, 1.807) is 6.08 Å². The summed E-state index contributed by atoms with van der Waals surface area (Å²) in [7, 11) is 0. The predicted octanol–water partition coefficient (Wildman–Crippen LogP) is 2.04. The molecule has 3 atom stereocenters.